The molecule has 0 amide bonds. The summed E-state index contributed by atoms with van der Waals surface area (Å²) in [6.07, 6.45) is 0. The van der Waals surface area contributed by atoms with Crippen molar-refractivity contribution in [2.75, 3.05) is 0 Å². The Morgan fingerprint density at radius 1 is 0.353 bits per heavy atom. The first-order valence-electron chi connectivity index (χ1n) is 17.0. The van der Waals surface area contributed by atoms with Gasteiger partial charge in [-0.2, -0.15) is 9.97 Å². The lowest BCUT2D eigenvalue weighted by atomic mass is 10.1. The molecule has 0 aliphatic rings. The van der Waals surface area contributed by atoms with Gasteiger partial charge in [-0.25, -0.2) is 4.98 Å². The standard InChI is InChI=1S/C45H27N5O/c1-2-12-28(13-3-1)43-46-44(48-45(47-43)50-39-20-10-6-16-33(39)34-17-7-11-21-40(34)50)29-22-24-35-36-25-23-30(27-42(36)51-41(35)26-29)49-37-18-8-4-14-31(37)32-15-5-9-19-38(32)49/h1-27H. The molecule has 11 aromatic rings. The van der Waals surface area contributed by atoms with E-state index in [4.69, 9.17) is 19.4 Å². The topological polar surface area (TPSA) is 61.7 Å². The van der Waals surface area contributed by atoms with Crippen LogP contribution < -0.4 is 0 Å². The van der Waals surface area contributed by atoms with Crippen molar-refractivity contribution in [1.82, 2.24) is 24.1 Å². The van der Waals surface area contributed by atoms with Gasteiger partial charge in [0.15, 0.2) is 11.6 Å². The first-order chi connectivity index (χ1) is 25.3. The average Bonchev–Trinajstić information content (AvgIpc) is 3.85. The van der Waals surface area contributed by atoms with Crippen LogP contribution in [0.25, 0.3) is 100.0 Å². The van der Waals surface area contributed by atoms with Gasteiger partial charge in [0.05, 0.1) is 22.1 Å². The van der Waals surface area contributed by atoms with Crippen molar-refractivity contribution < 1.29 is 4.42 Å². The number of para-hydroxylation sites is 4. The van der Waals surface area contributed by atoms with E-state index in [-0.39, 0.29) is 0 Å². The summed E-state index contributed by atoms with van der Waals surface area (Å²) in [5.74, 6) is 1.75. The van der Waals surface area contributed by atoms with Crippen molar-refractivity contribution in [2.45, 2.75) is 0 Å². The van der Waals surface area contributed by atoms with Crippen LogP contribution in [0.5, 0.6) is 0 Å². The average molecular weight is 654 g/mol. The minimum atomic E-state index is 0.566. The van der Waals surface area contributed by atoms with Crippen LogP contribution in [-0.4, -0.2) is 24.1 Å². The highest BCUT2D eigenvalue weighted by molar-refractivity contribution is 6.11. The molecular weight excluding hydrogens is 627 g/mol. The molecule has 238 valence electrons. The van der Waals surface area contributed by atoms with Gasteiger partial charge in [-0.15, -0.1) is 0 Å². The number of benzene rings is 7. The number of aromatic nitrogens is 5. The summed E-state index contributed by atoms with van der Waals surface area (Å²) < 4.78 is 11.1. The molecule has 6 nitrogen and oxygen atoms in total. The molecule has 0 radical (unpaired) electrons. The lowest BCUT2D eigenvalue weighted by molar-refractivity contribution is 0.668. The van der Waals surface area contributed by atoms with Gasteiger partial charge in [-0.3, -0.25) is 4.57 Å². The Morgan fingerprint density at radius 2 is 0.824 bits per heavy atom. The van der Waals surface area contributed by atoms with Crippen molar-refractivity contribution in [3.8, 4) is 34.4 Å². The summed E-state index contributed by atoms with van der Waals surface area (Å²) in [6.45, 7) is 0. The van der Waals surface area contributed by atoms with E-state index in [0.717, 1.165) is 60.6 Å². The Balaban J connectivity index is 1.09. The lowest BCUT2D eigenvalue weighted by Gasteiger charge is -2.10. The van der Waals surface area contributed by atoms with Crippen molar-refractivity contribution in [1.29, 1.82) is 0 Å². The monoisotopic (exact) mass is 653 g/mol. The normalized spacial score (nSPS) is 11.9. The highest BCUT2D eigenvalue weighted by Gasteiger charge is 2.19. The van der Waals surface area contributed by atoms with Gasteiger partial charge in [0.25, 0.3) is 0 Å². The van der Waals surface area contributed by atoms with Gasteiger partial charge in [0, 0.05) is 55.2 Å². The molecule has 11 rings (SSSR count). The summed E-state index contributed by atoms with van der Waals surface area (Å²) in [5.41, 5.74) is 8.86. The lowest BCUT2D eigenvalue weighted by Crippen LogP contribution is -2.06. The van der Waals surface area contributed by atoms with E-state index >= 15 is 0 Å². The second-order valence-electron chi connectivity index (χ2n) is 12.9. The van der Waals surface area contributed by atoms with Crippen molar-refractivity contribution in [3.05, 3.63) is 164 Å². The highest BCUT2D eigenvalue weighted by Crippen LogP contribution is 2.37. The second-order valence-corrected chi connectivity index (χ2v) is 12.9. The Bertz CT molecular complexity index is 3040. The van der Waals surface area contributed by atoms with E-state index in [1.165, 1.54) is 21.8 Å². The van der Waals surface area contributed by atoms with Gasteiger partial charge >= 0.3 is 0 Å². The first-order valence-corrected chi connectivity index (χ1v) is 17.0. The van der Waals surface area contributed by atoms with Crippen LogP contribution in [0, 0.1) is 0 Å². The van der Waals surface area contributed by atoms with E-state index in [2.05, 4.69) is 143 Å². The number of hydrogen-bond acceptors (Lipinski definition) is 4. The SMILES string of the molecule is c1ccc(-c2nc(-c3ccc4c(c3)oc3cc(-n5c6ccccc6c6ccccc65)ccc34)nc(-n3c4ccccc4c4ccccc43)n2)cc1. The van der Waals surface area contributed by atoms with Gasteiger partial charge in [-0.1, -0.05) is 109 Å². The van der Waals surface area contributed by atoms with Gasteiger partial charge < -0.3 is 8.98 Å². The van der Waals surface area contributed by atoms with Gasteiger partial charge in [0.1, 0.15) is 11.2 Å². The number of furan rings is 1. The number of rotatable bonds is 4. The second kappa shape index (κ2) is 10.7. The number of hydrogen-bond donors (Lipinski definition) is 0. The molecule has 0 N–H and O–H groups in total. The first kappa shape index (κ1) is 27.9. The molecular formula is C45H27N5O. The molecule has 7 aromatic carbocycles. The van der Waals surface area contributed by atoms with Gasteiger partial charge in [-0.05, 0) is 48.5 Å². The fourth-order valence-electron chi connectivity index (χ4n) is 7.69. The molecule has 0 saturated heterocycles. The summed E-state index contributed by atoms with van der Waals surface area (Å²) in [4.78, 5) is 15.2. The molecule has 0 fully saturated rings. The van der Waals surface area contributed by atoms with Crippen LogP contribution in [0.4, 0.5) is 0 Å². The van der Waals surface area contributed by atoms with Crippen LogP contribution in [0.2, 0.25) is 0 Å². The maximum absolute atomic E-state index is 6.62. The molecule has 0 unspecified atom stereocenters. The van der Waals surface area contributed by atoms with Crippen molar-refractivity contribution in [3.63, 3.8) is 0 Å². The third-order valence-corrected chi connectivity index (χ3v) is 9.99. The van der Waals surface area contributed by atoms with E-state index in [1.54, 1.807) is 0 Å². The quantitative estimate of drug-likeness (QED) is 0.190. The molecule has 0 atom stereocenters. The van der Waals surface area contributed by atoms with Crippen LogP contribution in [0.3, 0.4) is 0 Å². The predicted octanol–water partition coefficient (Wildman–Crippen LogP) is 11.3. The van der Waals surface area contributed by atoms with Crippen LogP contribution >= 0.6 is 0 Å². The van der Waals surface area contributed by atoms with Crippen molar-refractivity contribution in [2.24, 2.45) is 0 Å². The van der Waals surface area contributed by atoms with Gasteiger partial charge in [0.2, 0.25) is 5.95 Å². The number of fused-ring (bicyclic) bond motifs is 9. The third-order valence-electron chi connectivity index (χ3n) is 9.99. The molecule has 0 aliphatic carbocycles. The summed E-state index contributed by atoms with van der Waals surface area (Å²) in [5, 5.41) is 6.88. The maximum atomic E-state index is 6.62. The zero-order valence-electron chi connectivity index (χ0n) is 27.2. The number of nitrogens with zero attached hydrogens (tertiary/aromatic N) is 5. The third kappa shape index (κ3) is 4.20. The molecule has 0 aliphatic heterocycles. The maximum Gasteiger partial charge on any atom is 0.238 e. The highest BCUT2D eigenvalue weighted by atomic mass is 16.3. The Hall–Kier alpha value is -7.05. The molecule has 51 heavy (non-hydrogen) atoms. The summed E-state index contributed by atoms with van der Waals surface area (Å²) >= 11 is 0. The molecule has 0 bridgehead atoms. The minimum absolute atomic E-state index is 0.566. The zero-order valence-corrected chi connectivity index (χ0v) is 27.2. The molecule has 0 spiro atoms. The summed E-state index contributed by atoms with van der Waals surface area (Å²) in [6, 6.07) is 56.7. The zero-order chi connectivity index (χ0) is 33.5. The largest absolute Gasteiger partial charge is 0.456 e. The fourth-order valence-corrected chi connectivity index (χ4v) is 7.69. The van der Waals surface area contributed by atoms with E-state index in [1.807, 2.05) is 30.3 Å². The van der Waals surface area contributed by atoms with E-state index < -0.39 is 0 Å². The van der Waals surface area contributed by atoms with Crippen LogP contribution in [0.15, 0.2) is 168 Å². The smallest absolute Gasteiger partial charge is 0.238 e. The van der Waals surface area contributed by atoms with E-state index in [0.29, 0.717) is 17.6 Å². The summed E-state index contributed by atoms with van der Waals surface area (Å²) in [7, 11) is 0. The molecule has 4 heterocycles. The minimum Gasteiger partial charge on any atom is -0.456 e. The molecule has 4 aromatic heterocycles. The predicted molar refractivity (Wildman–Crippen MR) is 207 cm³/mol. The Morgan fingerprint density at radius 3 is 1.41 bits per heavy atom. The molecule has 6 heteroatoms. The van der Waals surface area contributed by atoms with Crippen LogP contribution in [0.1, 0.15) is 0 Å². The fraction of sp³-hybridized carbons (Fsp3) is 0. The Kier molecular flexibility index (Phi) is 5.86. The van der Waals surface area contributed by atoms with Crippen LogP contribution in [-0.2, 0) is 0 Å². The van der Waals surface area contributed by atoms with E-state index in [9.17, 15) is 0 Å². The molecule has 0 saturated carbocycles. The Labute approximate surface area is 291 Å². The van der Waals surface area contributed by atoms with Crippen molar-refractivity contribution >= 4 is 65.6 Å².